The molecule has 0 aliphatic carbocycles. The Morgan fingerprint density at radius 1 is 0.412 bits per heavy atom. The van der Waals surface area contributed by atoms with Crippen molar-refractivity contribution < 1.29 is 0 Å². The lowest BCUT2D eigenvalue weighted by atomic mass is 9.98. The van der Waals surface area contributed by atoms with Crippen molar-refractivity contribution in [3.8, 4) is 23.5 Å². The van der Waals surface area contributed by atoms with Crippen LogP contribution in [0.4, 0.5) is 0 Å². The van der Waals surface area contributed by atoms with Gasteiger partial charge in [0.1, 0.15) is 17.7 Å². The summed E-state index contributed by atoms with van der Waals surface area (Å²) in [6.07, 6.45) is 0. The van der Waals surface area contributed by atoms with Crippen LogP contribution >= 0.6 is 15.9 Å². The summed E-state index contributed by atoms with van der Waals surface area (Å²) < 4.78 is 7.23. The van der Waals surface area contributed by atoms with Crippen LogP contribution in [0.25, 0.3) is 76.8 Å². The normalized spacial score (nSPS) is 11.7. The van der Waals surface area contributed by atoms with Crippen LogP contribution in [0, 0.1) is 22.7 Å². The maximum absolute atomic E-state index is 11.5. The highest BCUT2D eigenvalue weighted by atomic mass is 79.9. The van der Waals surface area contributed by atoms with E-state index in [1.54, 1.807) is 0 Å². The molecule has 0 aliphatic heterocycles. The number of hydrogen-bond donors (Lipinski definition) is 0. The average molecular weight is 717 g/mol. The molecule has 0 aliphatic rings. The summed E-state index contributed by atoms with van der Waals surface area (Å²) in [5.41, 5.74) is 9.08. The Bertz CT molecular complexity index is 3000. The van der Waals surface area contributed by atoms with Gasteiger partial charge in [0, 0.05) is 48.9 Å². The standard InChI is InChI=1S/C45H26BrN5/c46-43-34(25-47)36(27-49-37-19-7-1-13-28(37)29-14-2-8-20-38(29)49)44(50-39-21-9-3-15-30(39)31-16-4-10-22-40(31)50)35(26-48)45(43)51-41-23-11-5-17-32(41)33-18-6-12-24-42(33)51/h1-24H,27H2. The molecule has 7 aromatic carbocycles. The van der Waals surface area contributed by atoms with Gasteiger partial charge in [-0.05, 0) is 52.3 Å². The van der Waals surface area contributed by atoms with Gasteiger partial charge in [0.2, 0.25) is 0 Å². The van der Waals surface area contributed by atoms with E-state index in [0.717, 1.165) is 71.0 Å². The predicted octanol–water partition coefficient (Wildman–Crippen LogP) is 11.5. The molecule has 0 radical (unpaired) electrons. The van der Waals surface area contributed by atoms with E-state index in [1.165, 1.54) is 0 Å². The van der Waals surface area contributed by atoms with Crippen LogP contribution in [-0.4, -0.2) is 13.7 Å². The molecule has 0 amide bonds. The quantitative estimate of drug-likeness (QED) is 0.182. The van der Waals surface area contributed by atoms with Crippen LogP contribution in [0.2, 0.25) is 0 Å². The number of fused-ring (bicyclic) bond motifs is 9. The van der Waals surface area contributed by atoms with Crippen LogP contribution < -0.4 is 0 Å². The third kappa shape index (κ3) is 4.06. The monoisotopic (exact) mass is 715 g/mol. The zero-order valence-electron chi connectivity index (χ0n) is 27.2. The topological polar surface area (TPSA) is 62.4 Å². The van der Waals surface area contributed by atoms with Gasteiger partial charge in [-0.2, -0.15) is 10.5 Å². The first-order valence-corrected chi connectivity index (χ1v) is 17.6. The maximum atomic E-state index is 11.5. The second-order valence-electron chi connectivity index (χ2n) is 12.8. The van der Waals surface area contributed by atoms with Gasteiger partial charge in [-0.25, -0.2) is 0 Å². The van der Waals surface area contributed by atoms with E-state index >= 15 is 0 Å². The lowest BCUT2D eigenvalue weighted by Gasteiger charge is -2.23. The van der Waals surface area contributed by atoms with Crippen molar-refractivity contribution in [3.63, 3.8) is 0 Å². The summed E-state index contributed by atoms with van der Waals surface area (Å²) in [4.78, 5) is 0. The van der Waals surface area contributed by atoms with Crippen molar-refractivity contribution in [2.75, 3.05) is 0 Å². The van der Waals surface area contributed by atoms with Gasteiger partial charge in [0.15, 0.2) is 0 Å². The maximum Gasteiger partial charge on any atom is 0.104 e. The molecule has 3 aromatic heterocycles. The largest absolute Gasteiger partial charge is 0.336 e. The first-order valence-electron chi connectivity index (χ1n) is 16.8. The predicted molar refractivity (Wildman–Crippen MR) is 211 cm³/mol. The third-order valence-electron chi connectivity index (χ3n) is 10.3. The van der Waals surface area contributed by atoms with Crippen molar-refractivity contribution in [1.29, 1.82) is 10.5 Å². The van der Waals surface area contributed by atoms with Gasteiger partial charge >= 0.3 is 0 Å². The molecule has 3 heterocycles. The SMILES string of the molecule is N#Cc1c(Br)c(-n2c3ccccc3c3ccccc32)c(C#N)c(-n2c3ccccc3c3ccccc32)c1Cn1c2ccccc2c2ccccc21. The molecule has 0 saturated carbocycles. The summed E-state index contributed by atoms with van der Waals surface area (Å²) >= 11 is 3.96. The molecule has 0 atom stereocenters. The molecular weight excluding hydrogens is 690 g/mol. The lowest BCUT2D eigenvalue weighted by molar-refractivity contribution is 0.852. The van der Waals surface area contributed by atoms with Gasteiger partial charge in [-0.15, -0.1) is 0 Å². The molecule has 238 valence electrons. The second-order valence-corrected chi connectivity index (χ2v) is 13.6. The molecule has 10 aromatic rings. The Morgan fingerprint density at radius 2 is 0.725 bits per heavy atom. The Labute approximate surface area is 301 Å². The first-order chi connectivity index (χ1) is 25.2. The van der Waals surface area contributed by atoms with E-state index in [1.807, 2.05) is 36.4 Å². The lowest BCUT2D eigenvalue weighted by Crippen LogP contribution is -2.14. The molecule has 0 bridgehead atoms. The summed E-state index contributed by atoms with van der Waals surface area (Å²) in [6.45, 7) is 0.369. The second kappa shape index (κ2) is 11.2. The molecule has 6 heteroatoms. The summed E-state index contributed by atoms with van der Waals surface area (Å²) in [6, 6.07) is 55.3. The number of nitrogens with zero attached hydrogens (tertiary/aromatic N) is 5. The van der Waals surface area contributed by atoms with Gasteiger partial charge in [-0.1, -0.05) is 109 Å². The fraction of sp³-hybridized carbons (Fsp3) is 0.0222. The molecule has 10 rings (SSSR count). The van der Waals surface area contributed by atoms with Gasteiger partial charge in [0.25, 0.3) is 0 Å². The molecule has 51 heavy (non-hydrogen) atoms. The molecule has 0 spiro atoms. The highest BCUT2D eigenvalue weighted by Crippen LogP contribution is 2.44. The number of halogens is 1. The van der Waals surface area contributed by atoms with E-state index in [9.17, 15) is 10.5 Å². The van der Waals surface area contributed by atoms with E-state index in [2.05, 4.69) is 151 Å². The van der Waals surface area contributed by atoms with E-state index in [-0.39, 0.29) is 0 Å². The average Bonchev–Trinajstić information content (AvgIpc) is 3.81. The van der Waals surface area contributed by atoms with E-state index < -0.39 is 0 Å². The number of para-hydroxylation sites is 6. The highest BCUT2D eigenvalue weighted by molar-refractivity contribution is 9.10. The van der Waals surface area contributed by atoms with Crippen molar-refractivity contribution >= 4 is 81.3 Å². The number of benzene rings is 7. The Morgan fingerprint density at radius 3 is 1.10 bits per heavy atom. The molecule has 5 nitrogen and oxygen atoms in total. The van der Waals surface area contributed by atoms with Gasteiger partial charge < -0.3 is 13.7 Å². The Kier molecular flexibility index (Phi) is 6.45. The Balaban J connectivity index is 1.42. The molecular formula is C45H26BrN5. The van der Waals surface area contributed by atoms with Crippen molar-refractivity contribution in [2.24, 2.45) is 0 Å². The van der Waals surface area contributed by atoms with Crippen molar-refractivity contribution in [2.45, 2.75) is 6.54 Å². The third-order valence-corrected chi connectivity index (χ3v) is 11.1. The van der Waals surface area contributed by atoms with Crippen LogP contribution in [0.1, 0.15) is 16.7 Å². The molecule has 0 fully saturated rings. The number of aromatic nitrogens is 3. The number of hydrogen-bond acceptors (Lipinski definition) is 2. The molecule has 0 saturated heterocycles. The van der Waals surface area contributed by atoms with Crippen molar-refractivity contribution in [3.05, 3.63) is 167 Å². The molecule has 0 unspecified atom stereocenters. The minimum Gasteiger partial charge on any atom is -0.336 e. The smallest absolute Gasteiger partial charge is 0.104 e. The van der Waals surface area contributed by atoms with Crippen LogP contribution in [0.5, 0.6) is 0 Å². The summed E-state index contributed by atoms with van der Waals surface area (Å²) in [5.74, 6) is 0. The van der Waals surface area contributed by atoms with Crippen molar-refractivity contribution in [1.82, 2.24) is 13.7 Å². The summed E-state index contributed by atoms with van der Waals surface area (Å²) in [7, 11) is 0. The van der Waals surface area contributed by atoms with Crippen LogP contribution in [0.15, 0.2) is 150 Å². The first kappa shape index (κ1) is 29.3. The zero-order valence-corrected chi connectivity index (χ0v) is 28.8. The zero-order chi connectivity index (χ0) is 34.2. The minimum atomic E-state index is 0.369. The van der Waals surface area contributed by atoms with Gasteiger partial charge in [0.05, 0.1) is 50.0 Å². The number of rotatable bonds is 4. The fourth-order valence-electron chi connectivity index (χ4n) is 8.23. The fourth-order valence-corrected chi connectivity index (χ4v) is 8.94. The van der Waals surface area contributed by atoms with E-state index in [0.29, 0.717) is 33.5 Å². The molecule has 0 N–H and O–H groups in total. The van der Waals surface area contributed by atoms with Crippen LogP contribution in [0.3, 0.4) is 0 Å². The van der Waals surface area contributed by atoms with Gasteiger partial charge in [-0.3, -0.25) is 0 Å². The Hall–Kier alpha value is -6.60. The summed E-state index contributed by atoms with van der Waals surface area (Å²) in [5, 5.41) is 29.3. The van der Waals surface area contributed by atoms with E-state index in [4.69, 9.17) is 0 Å². The van der Waals surface area contributed by atoms with Crippen LogP contribution in [-0.2, 0) is 6.54 Å². The highest BCUT2D eigenvalue weighted by Gasteiger charge is 2.30. The minimum absolute atomic E-state index is 0.369. The number of nitriles is 2.